The molecule has 0 aliphatic carbocycles. The fourth-order valence-electron chi connectivity index (χ4n) is 3.07. The summed E-state index contributed by atoms with van der Waals surface area (Å²) in [6, 6.07) is 15.2. The molecule has 132 valence electrons. The van der Waals surface area contributed by atoms with Crippen LogP contribution in [-0.2, 0) is 6.42 Å². The summed E-state index contributed by atoms with van der Waals surface area (Å²) in [7, 11) is 0. The maximum Gasteiger partial charge on any atom is 0.251 e. The van der Waals surface area contributed by atoms with Crippen LogP contribution in [0.15, 0.2) is 52.9 Å². The second-order valence-electron chi connectivity index (χ2n) is 6.41. The lowest BCUT2D eigenvalue weighted by Gasteiger charge is -2.25. The van der Waals surface area contributed by atoms with Gasteiger partial charge in [-0.15, -0.1) is 10.2 Å². The zero-order chi connectivity index (χ0) is 17.9. The van der Waals surface area contributed by atoms with Gasteiger partial charge in [-0.3, -0.25) is 4.79 Å². The van der Waals surface area contributed by atoms with E-state index in [1.54, 1.807) is 19.1 Å². The van der Waals surface area contributed by atoms with Gasteiger partial charge in [-0.25, -0.2) is 0 Å². The molecule has 0 unspecified atom stereocenters. The molecule has 6 nitrogen and oxygen atoms in total. The van der Waals surface area contributed by atoms with E-state index in [9.17, 15) is 4.79 Å². The Kier molecular flexibility index (Phi) is 4.39. The van der Waals surface area contributed by atoms with Crippen LogP contribution < -0.4 is 10.1 Å². The van der Waals surface area contributed by atoms with Gasteiger partial charge in [0.25, 0.3) is 5.91 Å². The monoisotopic (exact) mass is 349 g/mol. The molecule has 0 bridgehead atoms. The highest BCUT2D eigenvalue weighted by molar-refractivity contribution is 5.95. The van der Waals surface area contributed by atoms with Crippen LogP contribution in [0.3, 0.4) is 0 Å². The maximum atomic E-state index is 12.5. The van der Waals surface area contributed by atoms with Crippen LogP contribution in [0, 0.1) is 12.8 Å². The molecule has 1 aliphatic rings. The highest BCUT2D eigenvalue weighted by atomic mass is 16.5. The second-order valence-corrected chi connectivity index (χ2v) is 6.41. The molecule has 3 aromatic rings. The summed E-state index contributed by atoms with van der Waals surface area (Å²) in [6.45, 7) is 2.91. The first-order valence-corrected chi connectivity index (χ1v) is 8.58. The first-order valence-electron chi connectivity index (χ1n) is 8.58. The lowest BCUT2D eigenvalue weighted by atomic mass is 9.96. The van der Waals surface area contributed by atoms with E-state index in [4.69, 9.17) is 9.15 Å². The fraction of sp³-hybridized carbons (Fsp3) is 0.250. The van der Waals surface area contributed by atoms with E-state index >= 15 is 0 Å². The molecular formula is C20H19N3O3. The van der Waals surface area contributed by atoms with Crippen molar-refractivity contribution in [1.82, 2.24) is 15.5 Å². The molecule has 0 saturated heterocycles. The minimum absolute atomic E-state index is 0.123. The van der Waals surface area contributed by atoms with Gasteiger partial charge in [-0.05, 0) is 36.2 Å². The Labute approximate surface area is 151 Å². The zero-order valence-corrected chi connectivity index (χ0v) is 14.4. The van der Waals surface area contributed by atoms with Crippen molar-refractivity contribution in [3.8, 4) is 17.2 Å². The number of para-hydroxylation sites is 1. The number of aryl methyl sites for hydroxylation is 1. The molecule has 2 aromatic carbocycles. The number of nitrogens with one attached hydrogen (secondary N) is 1. The average Bonchev–Trinajstić information content (AvgIpc) is 3.12. The number of benzene rings is 2. The number of aromatic nitrogens is 2. The predicted octanol–water partition coefficient (Wildman–Crippen LogP) is 3.03. The largest absolute Gasteiger partial charge is 0.493 e. The Morgan fingerprint density at radius 3 is 2.92 bits per heavy atom. The molecule has 1 aliphatic heterocycles. The summed E-state index contributed by atoms with van der Waals surface area (Å²) < 4.78 is 11.2. The molecular weight excluding hydrogens is 330 g/mol. The third kappa shape index (κ3) is 3.44. The average molecular weight is 349 g/mol. The second kappa shape index (κ2) is 7.00. The fourth-order valence-corrected chi connectivity index (χ4v) is 3.07. The molecule has 1 aromatic heterocycles. The van der Waals surface area contributed by atoms with Crippen molar-refractivity contribution < 1.29 is 13.9 Å². The highest BCUT2D eigenvalue weighted by Crippen LogP contribution is 2.26. The Morgan fingerprint density at radius 1 is 1.19 bits per heavy atom. The van der Waals surface area contributed by atoms with Crippen molar-refractivity contribution >= 4 is 5.91 Å². The van der Waals surface area contributed by atoms with Gasteiger partial charge in [0, 0.05) is 30.5 Å². The molecule has 2 heterocycles. The van der Waals surface area contributed by atoms with Crippen molar-refractivity contribution in [2.75, 3.05) is 13.2 Å². The first-order chi connectivity index (χ1) is 12.7. The van der Waals surface area contributed by atoms with E-state index in [1.165, 1.54) is 5.56 Å². The van der Waals surface area contributed by atoms with E-state index in [2.05, 4.69) is 21.6 Å². The molecule has 0 fully saturated rings. The standard InChI is InChI=1S/C20H19N3O3/c1-13-22-23-20(26-13)17-7-4-6-16(10-17)19(24)21-11-14-9-15-5-2-3-8-18(15)25-12-14/h2-8,10,14H,9,11-12H2,1H3,(H,21,24)/t14-/m1/s1. The van der Waals surface area contributed by atoms with Crippen molar-refractivity contribution in [3.63, 3.8) is 0 Å². The van der Waals surface area contributed by atoms with Crippen LogP contribution in [0.5, 0.6) is 5.75 Å². The summed E-state index contributed by atoms with van der Waals surface area (Å²) in [5.74, 6) is 1.98. The summed E-state index contributed by atoms with van der Waals surface area (Å²) in [5.41, 5.74) is 2.48. The van der Waals surface area contributed by atoms with Crippen LogP contribution >= 0.6 is 0 Å². The third-order valence-electron chi connectivity index (χ3n) is 4.40. The smallest absolute Gasteiger partial charge is 0.251 e. The van der Waals surface area contributed by atoms with Gasteiger partial charge in [-0.1, -0.05) is 24.3 Å². The number of amides is 1. The highest BCUT2D eigenvalue weighted by Gasteiger charge is 2.20. The van der Waals surface area contributed by atoms with Crippen LogP contribution in [0.2, 0.25) is 0 Å². The quantitative estimate of drug-likeness (QED) is 0.783. The molecule has 1 atom stereocenters. The number of rotatable bonds is 4. The van der Waals surface area contributed by atoms with Crippen LogP contribution in [0.4, 0.5) is 0 Å². The Hall–Kier alpha value is -3.15. The van der Waals surface area contributed by atoms with E-state index in [1.807, 2.05) is 30.3 Å². The Morgan fingerprint density at radius 2 is 2.08 bits per heavy atom. The van der Waals surface area contributed by atoms with Gasteiger partial charge in [0.15, 0.2) is 0 Å². The maximum absolute atomic E-state index is 12.5. The van der Waals surface area contributed by atoms with Crippen LogP contribution in [-0.4, -0.2) is 29.3 Å². The number of hydrogen-bond donors (Lipinski definition) is 1. The van der Waals surface area contributed by atoms with Crippen LogP contribution in [0.1, 0.15) is 21.8 Å². The van der Waals surface area contributed by atoms with Crippen molar-refractivity contribution in [1.29, 1.82) is 0 Å². The summed E-state index contributed by atoms with van der Waals surface area (Å²) in [6.07, 6.45) is 0.901. The normalized spacial score (nSPS) is 15.8. The van der Waals surface area contributed by atoms with Gasteiger partial charge >= 0.3 is 0 Å². The molecule has 4 rings (SSSR count). The SMILES string of the molecule is Cc1nnc(-c2cccc(C(=O)NC[C@@H]3COc4ccccc4C3)c2)o1. The van der Waals surface area contributed by atoms with Crippen molar-refractivity contribution in [2.24, 2.45) is 5.92 Å². The predicted molar refractivity (Wildman–Crippen MR) is 95.9 cm³/mol. The molecule has 26 heavy (non-hydrogen) atoms. The minimum atomic E-state index is -0.123. The van der Waals surface area contributed by atoms with E-state index < -0.39 is 0 Å². The molecule has 1 amide bonds. The Balaban J connectivity index is 1.40. The van der Waals surface area contributed by atoms with E-state index in [-0.39, 0.29) is 11.8 Å². The molecule has 0 spiro atoms. The topological polar surface area (TPSA) is 77.2 Å². The van der Waals surface area contributed by atoms with E-state index in [0.29, 0.717) is 30.5 Å². The summed E-state index contributed by atoms with van der Waals surface area (Å²) in [5, 5.41) is 10.8. The molecule has 6 heteroatoms. The van der Waals surface area contributed by atoms with Crippen molar-refractivity contribution in [2.45, 2.75) is 13.3 Å². The minimum Gasteiger partial charge on any atom is -0.493 e. The van der Waals surface area contributed by atoms with Gasteiger partial charge in [0.2, 0.25) is 11.8 Å². The Bertz CT molecular complexity index is 935. The van der Waals surface area contributed by atoms with Gasteiger partial charge in [-0.2, -0.15) is 0 Å². The molecule has 0 saturated carbocycles. The third-order valence-corrected chi connectivity index (χ3v) is 4.40. The number of ether oxygens (including phenoxy) is 1. The first kappa shape index (κ1) is 16.3. The molecule has 0 radical (unpaired) electrons. The van der Waals surface area contributed by atoms with Crippen molar-refractivity contribution in [3.05, 3.63) is 65.5 Å². The number of carbonyl (C=O) groups is 1. The number of carbonyl (C=O) groups excluding carboxylic acids is 1. The van der Waals surface area contributed by atoms with E-state index in [0.717, 1.165) is 17.7 Å². The van der Waals surface area contributed by atoms with Crippen LogP contribution in [0.25, 0.3) is 11.5 Å². The number of hydrogen-bond acceptors (Lipinski definition) is 5. The van der Waals surface area contributed by atoms with Gasteiger partial charge < -0.3 is 14.5 Å². The molecule has 1 N–H and O–H groups in total. The van der Waals surface area contributed by atoms with Gasteiger partial charge in [0.05, 0.1) is 6.61 Å². The summed E-state index contributed by atoms with van der Waals surface area (Å²) >= 11 is 0. The zero-order valence-electron chi connectivity index (χ0n) is 14.4. The number of nitrogens with zero attached hydrogens (tertiary/aromatic N) is 2. The lowest BCUT2D eigenvalue weighted by molar-refractivity contribution is 0.0939. The number of fused-ring (bicyclic) bond motifs is 1. The lowest BCUT2D eigenvalue weighted by Crippen LogP contribution is -2.34. The summed E-state index contributed by atoms with van der Waals surface area (Å²) in [4.78, 5) is 12.5. The van der Waals surface area contributed by atoms with Gasteiger partial charge in [0.1, 0.15) is 5.75 Å².